The highest BCUT2D eigenvalue weighted by Crippen LogP contribution is 2.37. The summed E-state index contributed by atoms with van der Waals surface area (Å²) in [5.41, 5.74) is 0. The standard InChI is InChI=1S/C14H18FNO/c15-11-1-3-14(4-2-11)17-6-5-12-7-10-8-13(9-10)16-12/h1-4,10,12-13,16H,5-9H2. The Morgan fingerprint density at radius 3 is 2.59 bits per heavy atom. The van der Waals surface area contributed by atoms with Gasteiger partial charge in [0.2, 0.25) is 0 Å². The van der Waals surface area contributed by atoms with Gasteiger partial charge in [-0.05, 0) is 55.9 Å². The second-order valence-corrected chi connectivity index (χ2v) is 5.22. The van der Waals surface area contributed by atoms with Crippen LogP contribution >= 0.6 is 0 Å². The molecule has 0 amide bonds. The van der Waals surface area contributed by atoms with Crippen molar-refractivity contribution in [1.82, 2.24) is 5.32 Å². The van der Waals surface area contributed by atoms with Crippen molar-refractivity contribution in [2.24, 2.45) is 5.92 Å². The lowest BCUT2D eigenvalue weighted by atomic mass is 9.72. The van der Waals surface area contributed by atoms with Gasteiger partial charge in [-0.3, -0.25) is 0 Å². The molecule has 3 fully saturated rings. The molecular weight excluding hydrogens is 217 g/mol. The molecule has 0 aromatic heterocycles. The number of nitrogens with one attached hydrogen (secondary N) is 1. The quantitative estimate of drug-likeness (QED) is 0.866. The van der Waals surface area contributed by atoms with Crippen molar-refractivity contribution in [2.45, 2.75) is 37.8 Å². The lowest BCUT2D eigenvalue weighted by Crippen LogP contribution is -2.54. The number of hydrogen-bond donors (Lipinski definition) is 1. The van der Waals surface area contributed by atoms with Crippen molar-refractivity contribution >= 4 is 0 Å². The molecule has 2 nitrogen and oxygen atoms in total. The number of benzene rings is 1. The molecule has 2 bridgehead atoms. The van der Waals surface area contributed by atoms with Gasteiger partial charge in [0.05, 0.1) is 6.61 Å². The maximum atomic E-state index is 12.7. The molecule has 1 aliphatic carbocycles. The number of rotatable bonds is 4. The molecule has 0 spiro atoms. The predicted octanol–water partition coefficient (Wildman–Crippen LogP) is 2.74. The Kier molecular flexibility index (Phi) is 3.02. The smallest absolute Gasteiger partial charge is 0.123 e. The van der Waals surface area contributed by atoms with E-state index in [0.29, 0.717) is 12.6 Å². The third kappa shape index (κ3) is 2.60. The van der Waals surface area contributed by atoms with Gasteiger partial charge in [0.15, 0.2) is 0 Å². The van der Waals surface area contributed by atoms with Crippen LogP contribution in [0.1, 0.15) is 25.7 Å². The fraction of sp³-hybridized carbons (Fsp3) is 0.571. The summed E-state index contributed by atoms with van der Waals surface area (Å²) in [6.45, 7) is 0.711. The fourth-order valence-electron chi connectivity index (χ4n) is 2.92. The molecule has 17 heavy (non-hydrogen) atoms. The lowest BCUT2D eigenvalue weighted by molar-refractivity contribution is 0.104. The largest absolute Gasteiger partial charge is 0.494 e. The van der Waals surface area contributed by atoms with Gasteiger partial charge in [0, 0.05) is 12.1 Å². The maximum absolute atomic E-state index is 12.7. The van der Waals surface area contributed by atoms with Crippen molar-refractivity contribution in [3.63, 3.8) is 0 Å². The summed E-state index contributed by atoms with van der Waals surface area (Å²) in [5, 5.41) is 3.64. The Balaban J connectivity index is 1.41. The molecule has 1 atom stereocenters. The van der Waals surface area contributed by atoms with Crippen molar-refractivity contribution < 1.29 is 9.13 Å². The third-order valence-corrected chi connectivity index (χ3v) is 3.87. The number of hydrogen-bond acceptors (Lipinski definition) is 2. The number of ether oxygens (including phenoxy) is 1. The highest BCUT2D eigenvalue weighted by molar-refractivity contribution is 5.21. The van der Waals surface area contributed by atoms with Gasteiger partial charge >= 0.3 is 0 Å². The maximum Gasteiger partial charge on any atom is 0.123 e. The summed E-state index contributed by atoms with van der Waals surface area (Å²) < 4.78 is 18.3. The Hall–Kier alpha value is -1.09. The molecule has 2 aliphatic heterocycles. The monoisotopic (exact) mass is 235 g/mol. The van der Waals surface area contributed by atoms with Gasteiger partial charge in [-0.25, -0.2) is 4.39 Å². The molecule has 0 radical (unpaired) electrons. The Morgan fingerprint density at radius 1 is 1.18 bits per heavy atom. The molecule has 1 N–H and O–H groups in total. The first-order chi connectivity index (χ1) is 8.29. The van der Waals surface area contributed by atoms with E-state index in [1.165, 1.54) is 31.4 Å². The zero-order valence-corrected chi connectivity index (χ0v) is 9.86. The summed E-state index contributed by atoms with van der Waals surface area (Å²) in [4.78, 5) is 0. The number of piperidine rings is 2. The van der Waals surface area contributed by atoms with E-state index in [4.69, 9.17) is 4.74 Å². The lowest BCUT2D eigenvalue weighted by Gasteiger charge is -2.46. The molecular formula is C14H18FNO. The molecule has 3 heteroatoms. The first kappa shape index (κ1) is 11.0. The molecule has 92 valence electrons. The van der Waals surface area contributed by atoms with E-state index in [1.807, 2.05) is 0 Å². The van der Waals surface area contributed by atoms with E-state index in [9.17, 15) is 4.39 Å². The van der Waals surface area contributed by atoms with Crippen LogP contribution in [0.4, 0.5) is 4.39 Å². The van der Waals surface area contributed by atoms with E-state index in [2.05, 4.69) is 5.32 Å². The first-order valence-corrected chi connectivity index (χ1v) is 6.44. The molecule has 2 saturated heterocycles. The summed E-state index contributed by atoms with van der Waals surface area (Å²) in [6.07, 6.45) is 5.08. The normalized spacial score (nSPS) is 30.8. The van der Waals surface area contributed by atoms with Gasteiger partial charge in [-0.15, -0.1) is 0 Å². The molecule has 4 rings (SSSR count). The van der Waals surface area contributed by atoms with Crippen LogP contribution in [0.3, 0.4) is 0 Å². The summed E-state index contributed by atoms with van der Waals surface area (Å²) in [7, 11) is 0. The van der Waals surface area contributed by atoms with Gasteiger partial charge < -0.3 is 10.1 Å². The van der Waals surface area contributed by atoms with Gasteiger partial charge in [0.1, 0.15) is 11.6 Å². The van der Waals surface area contributed by atoms with Crippen LogP contribution in [0.25, 0.3) is 0 Å². The van der Waals surface area contributed by atoms with E-state index in [1.54, 1.807) is 12.1 Å². The highest BCUT2D eigenvalue weighted by atomic mass is 19.1. The summed E-state index contributed by atoms with van der Waals surface area (Å²) in [6, 6.07) is 7.62. The Bertz CT molecular complexity index is 362. The summed E-state index contributed by atoms with van der Waals surface area (Å²) >= 11 is 0. The van der Waals surface area contributed by atoms with Gasteiger partial charge in [-0.2, -0.15) is 0 Å². The SMILES string of the molecule is Fc1ccc(OCCC2CC3CC(C3)N2)cc1. The minimum atomic E-state index is -0.216. The van der Waals surface area contributed by atoms with Crippen molar-refractivity contribution in [3.05, 3.63) is 30.1 Å². The molecule has 1 aromatic carbocycles. The van der Waals surface area contributed by atoms with Crippen LogP contribution in [0, 0.1) is 11.7 Å². The van der Waals surface area contributed by atoms with Crippen LogP contribution in [0.2, 0.25) is 0 Å². The number of halogens is 1. The fourth-order valence-corrected chi connectivity index (χ4v) is 2.92. The highest BCUT2D eigenvalue weighted by Gasteiger charge is 2.37. The average Bonchev–Trinajstić information content (AvgIpc) is 2.31. The zero-order chi connectivity index (χ0) is 11.7. The summed E-state index contributed by atoms with van der Waals surface area (Å²) in [5.74, 6) is 1.50. The van der Waals surface area contributed by atoms with Crippen molar-refractivity contribution in [2.75, 3.05) is 6.61 Å². The van der Waals surface area contributed by atoms with E-state index in [0.717, 1.165) is 24.1 Å². The minimum Gasteiger partial charge on any atom is -0.494 e. The molecule has 2 heterocycles. The van der Waals surface area contributed by atoms with Gasteiger partial charge in [0.25, 0.3) is 0 Å². The predicted molar refractivity (Wildman–Crippen MR) is 64.6 cm³/mol. The van der Waals surface area contributed by atoms with E-state index >= 15 is 0 Å². The third-order valence-electron chi connectivity index (χ3n) is 3.87. The van der Waals surface area contributed by atoms with Gasteiger partial charge in [-0.1, -0.05) is 0 Å². The van der Waals surface area contributed by atoms with Crippen LogP contribution in [0.5, 0.6) is 5.75 Å². The van der Waals surface area contributed by atoms with Crippen LogP contribution in [0.15, 0.2) is 24.3 Å². The van der Waals surface area contributed by atoms with Crippen LogP contribution < -0.4 is 10.1 Å². The second kappa shape index (κ2) is 4.65. The molecule has 1 saturated carbocycles. The Morgan fingerprint density at radius 2 is 1.94 bits per heavy atom. The molecule has 1 unspecified atom stereocenters. The molecule has 1 aromatic rings. The average molecular weight is 235 g/mol. The number of fused-ring (bicyclic) bond motifs is 2. The van der Waals surface area contributed by atoms with Crippen LogP contribution in [-0.4, -0.2) is 18.7 Å². The topological polar surface area (TPSA) is 21.3 Å². The van der Waals surface area contributed by atoms with Crippen LogP contribution in [-0.2, 0) is 0 Å². The van der Waals surface area contributed by atoms with Crippen molar-refractivity contribution in [1.29, 1.82) is 0 Å². The second-order valence-electron chi connectivity index (χ2n) is 5.22. The van der Waals surface area contributed by atoms with E-state index < -0.39 is 0 Å². The Labute approximate surface area is 101 Å². The zero-order valence-electron chi connectivity index (χ0n) is 9.86. The van der Waals surface area contributed by atoms with Crippen molar-refractivity contribution in [3.8, 4) is 5.75 Å². The van der Waals surface area contributed by atoms with E-state index in [-0.39, 0.29) is 5.82 Å². The minimum absolute atomic E-state index is 0.216. The first-order valence-electron chi connectivity index (χ1n) is 6.44. The molecule has 3 aliphatic rings.